The van der Waals surface area contributed by atoms with Crippen molar-refractivity contribution < 1.29 is 9.53 Å². The van der Waals surface area contributed by atoms with Crippen LogP contribution in [0.25, 0.3) is 0 Å². The second-order valence-corrected chi connectivity index (χ2v) is 5.22. The number of likely N-dealkylation sites (N-methyl/N-ethyl adjacent to an activating group) is 1. The van der Waals surface area contributed by atoms with Gasteiger partial charge in [-0.25, -0.2) is 0 Å². The molecule has 2 unspecified atom stereocenters. The number of carbonyl (C=O) groups excluding carboxylic acids is 1. The lowest BCUT2D eigenvalue weighted by molar-refractivity contribution is -0.145. The molecule has 0 aromatic heterocycles. The molecule has 2 heterocycles. The van der Waals surface area contributed by atoms with Crippen LogP contribution in [0.15, 0.2) is 0 Å². The normalized spacial score (nSPS) is 29.9. The van der Waals surface area contributed by atoms with E-state index in [9.17, 15) is 4.79 Å². The van der Waals surface area contributed by atoms with E-state index in [1.54, 1.807) is 0 Å². The third kappa shape index (κ3) is 3.68. The molecule has 2 saturated heterocycles. The van der Waals surface area contributed by atoms with Crippen molar-refractivity contribution in [3.63, 3.8) is 0 Å². The molecule has 98 valence electrons. The first-order chi connectivity index (χ1) is 8.27. The number of hydrogen-bond acceptors (Lipinski definition) is 3. The lowest BCUT2D eigenvalue weighted by Crippen LogP contribution is -2.47. The first kappa shape index (κ1) is 12.8. The Hall–Kier alpha value is -0.610. The number of piperidine rings is 1. The molecule has 2 aliphatic rings. The maximum atomic E-state index is 12.1. The summed E-state index contributed by atoms with van der Waals surface area (Å²) >= 11 is 0. The van der Waals surface area contributed by atoms with Crippen LogP contribution in [0.1, 0.15) is 38.5 Å². The molecular formula is C13H24N2O2. The fraction of sp³-hybridized carbons (Fsp3) is 0.923. The lowest BCUT2D eigenvalue weighted by Gasteiger charge is -2.31. The molecule has 0 bridgehead atoms. The summed E-state index contributed by atoms with van der Waals surface area (Å²) in [5.41, 5.74) is 0. The van der Waals surface area contributed by atoms with Gasteiger partial charge in [-0.05, 0) is 38.6 Å². The summed E-state index contributed by atoms with van der Waals surface area (Å²) in [4.78, 5) is 14.0. The monoisotopic (exact) mass is 240 g/mol. The zero-order chi connectivity index (χ0) is 12.1. The summed E-state index contributed by atoms with van der Waals surface area (Å²) in [5, 5.41) is 3.47. The van der Waals surface area contributed by atoms with Gasteiger partial charge in [-0.2, -0.15) is 0 Å². The second-order valence-electron chi connectivity index (χ2n) is 5.22. The van der Waals surface area contributed by atoms with E-state index in [4.69, 9.17) is 4.74 Å². The van der Waals surface area contributed by atoms with Gasteiger partial charge in [-0.3, -0.25) is 4.79 Å². The van der Waals surface area contributed by atoms with E-state index < -0.39 is 0 Å². The molecule has 0 saturated carbocycles. The number of ether oxygens (including phenoxy) is 1. The Balaban J connectivity index is 1.77. The third-order valence-corrected chi connectivity index (χ3v) is 3.74. The molecule has 17 heavy (non-hydrogen) atoms. The molecule has 2 fully saturated rings. The largest absolute Gasteiger partial charge is 0.368 e. The highest BCUT2D eigenvalue weighted by atomic mass is 16.5. The van der Waals surface area contributed by atoms with Gasteiger partial charge >= 0.3 is 0 Å². The first-order valence-electron chi connectivity index (χ1n) is 6.87. The maximum Gasteiger partial charge on any atom is 0.251 e. The van der Waals surface area contributed by atoms with Crippen LogP contribution < -0.4 is 5.32 Å². The van der Waals surface area contributed by atoms with Crippen LogP contribution in [-0.2, 0) is 9.53 Å². The van der Waals surface area contributed by atoms with Gasteiger partial charge in [0.2, 0.25) is 0 Å². The number of carbonyl (C=O) groups is 1. The van der Waals surface area contributed by atoms with E-state index in [1.165, 1.54) is 19.3 Å². The number of nitrogens with zero attached hydrogens (tertiary/aromatic N) is 1. The Kier molecular flexibility index (Phi) is 4.80. The topological polar surface area (TPSA) is 41.6 Å². The van der Waals surface area contributed by atoms with Gasteiger partial charge in [-0.15, -0.1) is 0 Å². The zero-order valence-electron chi connectivity index (χ0n) is 10.8. The van der Waals surface area contributed by atoms with Crippen LogP contribution in [-0.4, -0.2) is 49.7 Å². The van der Waals surface area contributed by atoms with Gasteiger partial charge in [0.1, 0.15) is 6.10 Å². The second kappa shape index (κ2) is 6.36. The summed E-state index contributed by atoms with van der Waals surface area (Å²) < 4.78 is 5.54. The predicted octanol–water partition coefficient (Wildman–Crippen LogP) is 1.16. The number of hydrogen-bond donors (Lipinski definition) is 1. The quantitative estimate of drug-likeness (QED) is 0.805. The minimum Gasteiger partial charge on any atom is -0.368 e. The number of nitrogens with one attached hydrogen (secondary N) is 1. The average Bonchev–Trinajstić information content (AvgIpc) is 2.40. The number of rotatable bonds is 3. The van der Waals surface area contributed by atoms with E-state index in [-0.39, 0.29) is 12.0 Å². The van der Waals surface area contributed by atoms with Crippen molar-refractivity contribution in [2.75, 3.05) is 26.7 Å². The van der Waals surface area contributed by atoms with Gasteiger partial charge in [0.25, 0.3) is 5.91 Å². The molecule has 1 N–H and O–H groups in total. The molecule has 1 amide bonds. The maximum absolute atomic E-state index is 12.1. The number of amides is 1. The molecule has 0 radical (unpaired) electrons. The van der Waals surface area contributed by atoms with E-state index in [0.717, 1.165) is 39.0 Å². The Morgan fingerprint density at radius 2 is 2.12 bits per heavy atom. The summed E-state index contributed by atoms with van der Waals surface area (Å²) in [7, 11) is 1.90. The molecule has 0 aromatic carbocycles. The highest BCUT2D eigenvalue weighted by molar-refractivity contribution is 5.80. The van der Waals surface area contributed by atoms with Gasteiger partial charge in [-0.1, -0.05) is 6.42 Å². The van der Waals surface area contributed by atoms with Gasteiger partial charge in [0.05, 0.1) is 0 Å². The smallest absolute Gasteiger partial charge is 0.251 e. The SMILES string of the molecule is CN(CC1CCCCN1)C(=O)C1CCCCO1. The third-order valence-electron chi connectivity index (χ3n) is 3.74. The molecule has 2 aliphatic heterocycles. The van der Waals surface area contributed by atoms with Crippen molar-refractivity contribution in [2.24, 2.45) is 0 Å². The van der Waals surface area contributed by atoms with Crippen molar-refractivity contribution in [3.05, 3.63) is 0 Å². The molecule has 4 nitrogen and oxygen atoms in total. The van der Waals surface area contributed by atoms with Gasteiger partial charge in [0.15, 0.2) is 0 Å². The summed E-state index contributed by atoms with van der Waals surface area (Å²) in [6, 6.07) is 0.473. The Morgan fingerprint density at radius 3 is 2.76 bits per heavy atom. The van der Waals surface area contributed by atoms with Gasteiger partial charge in [0, 0.05) is 26.2 Å². The van der Waals surface area contributed by atoms with Crippen molar-refractivity contribution >= 4 is 5.91 Å². The minimum absolute atomic E-state index is 0.164. The molecule has 4 heteroatoms. The minimum atomic E-state index is -0.183. The summed E-state index contributed by atoms with van der Waals surface area (Å²) in [6.45, 7) is 2.65. The van der Waals surface area contributed by atoms with E-state index in [2.05, 4.69) is 5.32 Å². The molecule has 2 atom stereocenters. The van der Waals surface area contributed by atoms with Crippen molar-refractivity contribution in [2.45, 2.75) is 50.7 Å². The van der Waals surface area contributed by atoms with Crippen molar-refractivity contribution in [1.82, 2.24) is 10.2 Å². The highest BCUT2D eigenvalue weighted by Crippen LogP contribution is 2.15. The van der Waals surface area contributed by atoms with Crippen LogP contribution in [0.4, 0.5) is 0 Å². The standard InChI is InChI=1S/C13H24N2O2/c1-15(10-11-6-2-4-8-14-11)13(16)12-7-3-5-9-17-12/h11-12,14H,2-10H2,1H3. The Labute approximate surface area is 104 Å². The first-order valence-corrected chi connectivity index (χ1v) is 6.87. The summed E-state index contributed by atoms with van der Waals surface area (Å²) in [5.74, 6) is 0.164. The Bertz CT molecular complexity index is 246. The molecule has 0 aromatic rings. The van der Waals surface area contributed by atoms with Crippen LogP contribution in [0.5, 0.6) is 0 Å². The summed E-state index contributed by atoms with van der Waals surface area (Å²) in [6.07, 6.45) is 6.64. The predicted molar refractivity (Wildman–Crippen MR) is 66.9 cm³/mol. The van der Waals surface area contributed by atoms with E-state index >= 15 is 0 Å². The molecular weight excluding hydrogens is 216 g/mol. The molecule has 0 aliphatic carbocycles. The lowest BCUT2D eigenvalue weighted by atomic mass is 10.0. The van der Waals surface area contributed by atoms with Crippen molar-refractivity contribution in [3.8, 4) is 0 Å². The fourth-order valence-corrected chi connectivity index (χ4v) is 2.68. The van der Waals surface area contributed by atoms with Crippen LogP contribution in [0.2, 0.25) is 0 Å². The van der Waals surface area contributed by atoms with Crippen LogP contribution >= 0.6 is 0 Å². The molecule has 2 rings (SSSR count). The van der Waals surface area contributed by atoms with E-state index in [1.807, 2.05) is 11.9 Å². The van der Waals surface area contributed by atoms with Crippen molar-refractivity contribution in [1.29, 1.82) is 0 Å². The van der Waals surface area contributed by atoms with Crippen LogP contribution in [0.3, 0.4) is 0 Å². The highest BCUT2D eigenvalue weighted by Gasteiger charge is 2.26. The zero-order valence-corrected chi connectivity index (χ0v) is 10.8. The van der Waals surface area contributed by atoms with Gasteiger partial charge < -0.3 is 15.0 Å². The van der Waals surface area contributed by atoms with Crippen LogP contribution in [0, 0.1) is 0 Å². The fourth-order valence-electron chi connectivity index (χ4n) is 2.68. The Morgan fingerprint density at radius 1 is 1.29 bits per heavy atom. The average molecular weight is 240 g/mol. The molecule has 0 spiro atoms. The van der Waals surface area contributed by atoms with E-state index in [0.29, 0.717) is 6.04 Å².